The maximum atomic E-state index is 12.2. The zero-order valence-electron chi connectivity index (χ0n) is 13.7. The van der Waals surface area contributed by atoms with Gasteiger partial charge in [0.1, 0.15) is 0 Å². The molecule has 2 amide bonds. The molecule has 1 aromatic heterocycles. The number of carbonyl (C=O) groups excluding carboxylic acids is 1. The molecule has 1 aliphatic carbocycles. The Bertz CT molecular complexity index is 663. The highest BCUT2D eigenvalue weighted by atomic mass is 16.3. The van der Waals surface area contributed by atoms with Gasteiger partial charge < -0.3 is 15.7 Å². The maximum Gasteiger partial charge on any atom is 0.315 e. The molecule has 1 heterocycles. The van der Waals surface area contributed by atoms with E-state index in [1.807, 2.05) is 41.2 Å². The molecule has 24 heavy (non-hydrogen) atoms. The van der Waals surface area contributed by atoms with E-state index in [-0.39, 0.29) is 12.6 Å². The molecule has 1 fully saturated rings. The molecule has 1 saturated carbocycles. The third kappa shape index (κ3) is 3.94. The molecule has 2 aromatic rings. The summed E-state index contributed by atoms with van der Waals surface area (Å²) >= 11 is 0. The van der Waals surface area contributed by atoms with Gasteiger partial charge in [0.2, 0.25) is 0 Å². The van der Waals surface area contributed by atoms with Crippen LogP contribution in [-0.2, 0) is 13.1 Å². The molecule has 0 saturated heterocycles. The van der Waals surface area contributed by atoms with Crippen LogP contribution in [0.1, 0.15) is 36.8 Å². The van der Waals surface area contributed by atoms with Crippen molar-refractivity contribution >= 4 is 6.03 Å². The normalized spacial score (nSPS) is 16.0. The molecular formula is C18H24N4O2. The lowest BCUT2D eigenvalue weighted by atomic mass is 9.99. The predicted molar refractivity (Wildman–Crippen MR) is 91.4 cm³/mol. The Morgan fingerprint density at radius 1 is 1.21 bits per heavy atom. The molecule has 0 bridgehead atoms. The van der Waals surface area contributed by atoms with Crippen LogP contribution in [0.4, 0.5) is 4.79 Å². The molecule has 0 aliphatic heterocycles. The van der Waals surface area contributed by atoms with Crippen molar-refractivity contribution < 1.29 is 9.90 Å². The van der Waals surface area contributed by atoms with Crippen LogP contribution in [0.2, 0.25) is 0 Å². The molecule has 0 unspecified atom stereocenters. The number of carbonyl (C=O) groups is 1. The first-order valence-corrected chi connectivity index (χ1v) is 8.42. The van der Waals surface area contributed by atoms with Crippen LogP contribution in [0.3, 0.4) is 0 Å². The summed E-state index contributed by atoms with van der Waals surface area (Å²) in [5, 5.41) is 19.7. The number of benzene rings is 1. The SMILES string of the molecule is O=C(NCc1ccccc1Cn1cccn1)NC1(CO)CCCC1. The second-order valence-electron chi connectivity index (χ2n) is 6.43. The summed E-state index contributed by atoms with van der Waals surface area (Å²) < 4.78 is 1.86. The van der Waals surface area contributed by atoms with E-state index in [2.05, 4.69) is 15.7 Å². The van der Waals surface area contributed by atoms with Crippen molar-refractivity contribution in [1.82, 2.24) is 20.4 Å². The number of aliphatic hydroxyl groups is 1. The van der Waals surface area contributed by atoms with E-state index in [0.29, 0.717) is 13.1 Å². The fourth-order valence-corrected chi connectivity index (χ4v) is 3.29. The maximum absolute atomic E-state index is 12.2. The first kappa shape index (κ1) is 16.5. The molecule has 1 aliphatic rings. The van der Waals surface area contributed by atoms with E-state index in [1.165, 1.54) is 0 Å². The van der Waals surface area contributed by atoms with Crippen LogP contribution in [0.25, 0.3) is 0 Å². The number of amides is 2. The average molecular weight is 328 g/mol. The van der Waals surface area contributed by atoms with E-state index < -0.39 is 5.54 Å². The van der Waals surface area contributed by atoms with Crippen LogP contribution in [0, 0.1) is 0 Å². The molecule has 3 rings (SSSR count). The third-order valence-corrected chi connectivity index (χ3v) is 4.69. The second kappa shape index (κ2) is 7.49. The molecule has 0 radical (unpaired) electrons. The Labute approximate surface area is 141 Å². The quantitative estimate of drug-likeness (QED) is 0.759. The van der Waals surface area contributed by atoms with E-state index in [0.717, 1.165) is 36.8 Å². The molecule has 0 spiro atoms. The number of urea groups is 1. The first-order valence-electron chi connectivity index (χ1n) is 8.42. The fraction of sp³-hybridized carbons (Fsp3) is 0.444. The van der Waals surface area contributed by atoms with Gasteiger partial charge in [-0.1, -0.05) is 37.1 Å². The fourth-order valence-electron chi connectivity index (χ4n) is 3.29. The van der Waals surface area contributed by atoms with Crippen molar-refractivity contribution in [2.45, 2.75) is 44.3 Å². The van der Waals surface area contributed by atoms with Crippen LogP contribution < -0.4 is 10.6 Å². The van der Waals surface area contributed by atoms with Gasteiger partial charge in [-0.05, 0) is 30.0 Å². The van der Waals surface area contributed by atoms with Gasteiger partial charge in [0.25, 0.3) is 0 Å². The number of rotatable bonds is 6. The van der Waals surface area contributed by atoms with Gasteiger partial charge in [0.05, 0.1) is 18.7 Å². The highest BCUT2D eigenvalue weighted by Gasteiger charge is 2.34. The molecule has 6 nitrogen and oxygen atoms in total. The smallest absolute Gasteiger partial charge is 0.315 e. The minimum absolute atomic E-state index is 0.00366. The van der Waals surface area contributed by atoms with Gasteiger partial charge in [-0.3, -0.25) is 4.68 Å². The number of aromatic nitrogens is 2. The van der Waals surface area contributed by atoms with Crippen molar-refractivity contribution in [3.05, 3.63) is 53.9 Å². The summed E-state index contributed by atoms with van der Waals surface area (Å²) in [4.78, 5) is 12.2. The molecule has 3 N–H and O–H groups in total. The summed E-state index contributed by atoms with van der Waals surface area (Å²) in [6.07, 6.45) is 7.45. The van der Waals surface area contributed by atoms with Crippen LogP contribution in [0.15, 0.2) is 42.7 Å². The summed E-state index contributed by atoms with van der Waals surface area (Å²) in [5.41, 5.74) is 1.74. The van der Waals surface area contributed by atoms with E-state index in [4.69, 9.17) is 0 Å². The van der Waals surface area contributed by atoms with Gasteiger partial charge in [0, 0.05) is 18.9 Å². The second-order valence-corrected chi connectivity index (χ2v) is 6.43. The van der Waals surface area contributed by atoms with Gasteiger partial charge in [0.15, 0.2) is 0 Å². The molecule has 0 atom stereocenters. The standard InChI is InChI=1S/C18H24N4O2/c23-14-18(8-3-4-9-18)21-17(24)19-12-15-6-1-2-7-16(15)13-22-11-5-10-20-22/h1-2,5-7,10-11,23H,3-4,8-9,12-14H2,(H2,19,21,24). The topological polar surface area (TPSA) is 79.2 Å². The monoisotopic (exact) mass is 328 g/mol. The largest absolute Gasteiger partial charge is 0.394 e. The zero-order valence-corrected chi connectivity index (χ0v) is 13.7. The zero-order chi connectivity index (χ0) is 16.8. The number of nitrogens with zero attached hydrogens (tertiary/aromatic N) is 2. The Hall–Kier alpha value is -2.34. The first-order chi connectivity index (χ1) is 11.7. The van der Waals surface area contributed by atoms with Gasteiger partial charge in [-0.25, -0.2) is 4.79 Å². The Kier molecular flexibility index (Phi) is 5.15. The number of nitrogens with one attached hydrogen (secondary N) is 2. The number of aliphatic hydroxyl groups excluding tert-OH is 1. The molecule has 128 valence electrons. The Balaban J connectivity index is 1.59. The number of hydrogen-bond acceptors (Lipinski definition) is 3. The van der Waals surface area contributed by atoms with Crippen molar-refractivity contribution in [3.63, 3.8) is 0 Å². The number of hydrogen-bond donors (Lipinski definition) is 3. The Morgan fingerprint density at radius 3 is 2.62 bits per heavy atom. The van der Waals surface area contributed by atoms with Crippen molar-refractivity contribution in [2.24, 2.45) is 0 Å². The van der Waals surface area contributed by atoms with E-state index in [1.54, 1.807) is 6.20 Å². The molecule has 1 aromatic carbocycles. The van der Waals surface area contributed by atoms with Crippen molar-refractivity contribution in [1.29, 1.82) is 0 Å². The van der Waals surface area contributed by atoms with Crippen LogP contribution in [-0.4, -0.2) is 33.1 Å². The van der Waals surface area contributed by atoms with Crippen LogP contribution in [0.5, 0.6) is 0 Å². The summed E-state index contributed by atoms with van der Waals surface area (Å²) in [7, 11) is 0. The van der Waals surface area contributed by atoms with Crippen molar-refractivity contribution in [2.75, 3.05) is 6.61 Å². The summed E-state index contributed by atoms with van der Waals surface area (Å²) in [6.45, 7) is 1.12. The lowest BCUT2D eigenvalue weighted by Crippen LogP contribution is -2.52. The Morgan fingerprint density at radius 2 is 1.96 bits per heavy atom. The summed E-state index contributed by atoms with van der Waals surface area (Å²) in [6, 6.07) is 9.68. The van der Waals surface area contributed by atoms with Gasteiger partial charge in [-0.2, -0.15) is 5.10 Å². The molecular weight excluding hydrogens is 304 g/mol. The summed E-state index contributed by atoms with van der Waals surface area (Å²) in [5.74, 6) is 0. The van der Waals surface area contributed by atoms with Gasteiger partial charge >= 0.3 is 6.03 Å². The minimum atomic E-state index is -0.446. The lowest BCUT2D eigenvalue weighted by molar-refractivity contribution is 0.162. The lowest BCUT2D eigenvalue weighted by Gasteiger charge is -2.28. The molecule has 6 heteroatoms. The van der Waals surface area contributed by atoms with E-state index in [9.17, 15) is 9.90 Å². The minimum Gasteiger partial charge on any atom is -0.394 e. The van der Waals surface area contributed by atoms with Crippen LogP contribution >= 0.6 is 0 Å². The third-order valence-electron chi connectivity index (χ3n) is 4.69. The predicted octanol–water partition coefficient (Wildman–Crippen LogP) is 2.04. The average Bonchev–Trinajstić information content (AvgIpc) is 3.26. The highest BCUT2D eigenvalue weighted by molar-refractivity contribution is 5.75. The van der Waals surface area contributed by atoms with Gasteiger partial charge in [-0.15, -0.1) is 0 Å². The highest BCUT2D eigenvalue weighted by Crippen LogP contribution is 2.28. The van der Waals surface area contributed by atoms with E-state index >= 15 is 0 Å². The van der Waals surface area contributed by atoms with Crippen molar-refractivity contribution in [3.8, 4) is 0 Å².